The standard InChI is InChI=1S/C19H21N3OS/c1-13(2)14-8-4-5-9-15(14)20-18(23)12-24-19-21-16-10-6-7-11-17(16)22(19)3/h4-11,13H,12H2,1-3H3,(H,20,23). The monoisotopic (exact) mass is 339 g/mol. The van der Waals surface area contributed by atoms with Gasteiger partial charge in [0, 0.05) is 12.7 Å². The summed E-state index contributed by atoms with van der Waals surface area (Å²) in [6.45, 7) is 4.25. The Hall–Kier alpha value is -2.27. The van der Waals surface area contributed by atoms with Crippen molar-refractivity contribution in [1.82, 2.24) is 9.55 Å². The van der Waals surface area contributed by atoms with Crippen molar-refractivity contribution in [2.24, 2.45) is 7.05 Å². The van der Waals surface area contributed by atoms with Crippen LogP contribution in [0.2, 0.25) is 0 Å². The number of aromatic nitrogens is 2. The van der Waals surface area contributed by atoms with Gasteiger partial charge in [0.2, 0.25) is 5.91 Å². The van der Waals surface area contributed by atoms with Crippen LogP contribution in [0.4, 0.5) is 5.69 Å². The van der Waals surface area contributed by atoms with E-state index in [-0.39, 0.29) is 5.91 Å². The van der Waals surface area contributed by atoms with Crippen LogP contribution in [0.15, 0.2) is 53.7 Å². The molecule has 0 saturated carbocycles. The molecular formula is C19H21N3OS. The summed E-state index contributed by atoms with van der Waals surface area (Å²) in [5.41, 5.74) is 4.07. The number of rotatable bonds is 5. The number of amides is 1. The third-order valence-electron chi connectivity index (χ3n) is 3.94. The first-order chi connectivity index (χ1) is 11.6. The number of hydrogen-bond donors (Lipinski definition) is 1. The van der Waals surface area contributed by atoms with E-state index in [4.69, 9.17) is 0 Å². The Balaban J connectivity index is 1.68. The van der Waals surface area contributed by atoms with Crippen LogP contribution >= 0.6 is 11.8 Å². The van der Waals surface area contributed by atoms with Gasteiger partial charge in [-0.05, 0) is 29.7 Å². The minimum absolute atomic E-state index is 0.0137. The van der Waals surface area contributed by atoms with Gasteiger partial charge in [-0.1, -0.05) is 55.9 Å². The molecule has 3 aromatic rings. The SMILES string of the molecule is CC(C)c1ccccc1NC(=O)CSc1nc2ccccc2n1C. The fourth-order valence-corrected chi connectivity index (χ4v) is 3.47. The van der Waals surface area contributed by atoms with Gasteiger partial charge in [0.25, 0.3) is 0 Å². The van der Waals surface area contributed by atoms with Crippen LogP contribution in [0, 0.1) is 0 Å². The molecular weight excluding hydrogens is 318 g/mol. The van der Waals surface area contributed by atoms with E-state index in [9.17, 15) is 4.79 Å². The predicted molar refractivity (Wildman–Crippen MR) is 101 cm³/mol. The van der Waals surface area contributed by atoms with Crippen LogP contribution in [0.3, 0.4) is 0 Å². The molecule has 2 aromatic carbocycles. The third-order valence-corrected chi connectivity index (χ3v) is 4.97. The largest absolute Gasteiger partial charge is 0.325 e. The van der Waals surface area contributed by atoms with E-state index in [1.807, 2.05) is 54.1 Å². The van der Waals surface area contributed by atoms with Crippen LogP contribution in [0.5, 0.6) is 0 Å². The molecule has 0 saturated heterocycles. The fraction of sp³-hybridized carbons (Fsp3) is 0.263. The number of carbonyl (C=O) groups excluding carboxylic acids is 1. The Morgan fingerprint density at radius 1 is 1.17 bits per heavy atom. The zero-order chi connectivity index (χ0) is 17.1. The molecule has 24 heavy (non-hydrogen) atoms. The van der Waals surface area contributed by atoms with E-state index >= 15 is 0 Å². The van der Waals surface area contributed by atoms with E-state index in [1.54, 1.807) is 0 Å². The summed E-state index contributed by atoms with van der Waals surface area (Å²) < 4.78 is 2.02. The van der Waals surface area contributed by atoms with Gasteiger partial charge in [0.1, 0.15) is 0 Å². The smallest absolute Gasteiger partial charge is 0.234 e. The number of thioether (sulfide) groups is 1. The number of fused-ring (bicyclic) bond motifs is 1. The third kappa shape index (κ3) is 3.46. The second kappa shape index (κ2) is 7.09. The van der Waals surface area contributed by atoms with Gasteiger partial charge in [0.15, 0.2) is 5.16 Å². The Morgan fingerprint density at radius 2 is 1.88 bits per heavy atom. The van der Waals surface area contributed by atoms with Crippen molar-refractivity contribution in [3.05, 3.63) is 54.1 Å². The van der Waals surface area contributed by atoms with Crippen molar-refractivity contribution in [2.75, 3.05) is 11.1 Å². The summed E-state index contributed by atoms with van der Waals surface area (Å²) in [7, 11) is 1.98. The summed E-state index contributed by atoms with van der Waals surface area (Å²) in [6, 6.07) is 15.9. The summed E-state index contributed by atoms with van der Waals surface area (Å²) in [6.07, 6.45) is 0. The molecule has 5 heteroatoms. The highest BCUT2D eigenvalue weighted by molar-refractivity contribution is 7.99. The first-order valence-corrected chi connectivity index (χ1v) is 8.98. The lowest BCUT2D eigenvalue weighted by Crippen LogP contribution is -2.16. The first kappa shape index (κ1) is 16.6. The van der Waals surface area contributed by atoms with Gasteiger partial charge in [-0.3, -0.25) is 4.79 Å². The maximum atomic E-state index is 12.3. The normalized spacial score (nSPS) is 11.2. The van der Waals surface area contributed by atoms with Gasteiger partial charge in [-0.25, -0.2) is 4.98 Å². The highest BCUT2D eigenvalue weighted by atomic mass is 32.2. The molecule has 0 radical (unpaired) electrons. The Kier molecular flexibility index (Phi) is 4.90. The minimum Gasteiger partial charge on any atom is -0.325 e. The fourth-order valence-electron chi connectivity index (χ4n) is 2.68. The molecule has 4 nitrogen and oxygen atoms in total. The molecule has 1 N–H and O–H groups in total. The van der Waals surface area contributed by atoms with E-state index in [0.29, 0.717) is 11.7 Å². The van der Waals surface area contributed by atoms with Crippen LogP contribution < -0.4 is 5.32 Å². The van der Waals surface area contributed by atoms with Crippen LogP contribution in [0.25, 0.3) is 11.0 Å². The number of hydrogen-bond acceptors (Lipinski definition) is 3. The molecule has 1 aromatic heterocycles. The number of nitrogens with zero attached hydrogens (tertiary/aromatic N) is 2. The summed E-state index contributed by atoms with van der Waals surface area (Å²) >= 11 is 1.45. The number of anilines is 1. The Labute approximate surface area is 146 Å². The Bertz CT molecular complexity index is 870. The molecule has 1 amide bonds. The van der Waals surface area contributed by atoms with Gasteiger partial charge >= 0.3 is 0 Å². The number of benzene rings is 2. The van der Waals surface area contributed by atoms with E-state index < -0.39 is 0 Å². The Morgan fingerprint density at radius 3 is 2.62 bits per heavy atom. The zero-order valence-electron chi connectivity index (χ0n) is 14.1. The van der Waals surface area contributed by atoms with Gasteiger partial charge in [-0.15, -0.1) is 0 Å². The van der Waals surface area contributed by atoms with Gasteiger partial charge in [-0.2, -0.15) is 0 Å². The van der Waals surface area contributed by atoms with Crippen LogP contribution in [-0.2, 0) is 11.8 Å². The lowest BCUT2D eigenvalue weighted by atomic mass is 10.0. The summed E-state index contributed by atoms with van der Waals surface area (Å²) in [4.78, 5) is 16.9. The first-order valence-electron chi connectivity index (χ1n) is 7.99. The quantitative estimate of drug-likeness (QED) is 0.700. The number of para-hydroxylation sites is 3. The number of aryl methyl sites for hydroxylation is 1. The number of imidazole rings is 1. The molecule has 0 unspecified atom stereocenters. The van der Waals surface area contributed by atoms with E-state index in [1.165, 1.54) is 11.8 Å². The van der Waals surface area contributed by atoms with Gasteiger partial charge < -0.3 is 9.88 Å². The molecule has 0 atom stereocenters. The summed E-state index contributed by atoms with van der Waals surface area (Å²) in [5.74, 6) is 0.693. The van der Waals surface area contributed by atoms with Crippen molar-refractivity contribution in [1.29, 1.82) is 0 Å². The maximum absolute atomic E-state index is 12.3. The van der Waals surface area contributed by atoms with Crippen molar-refractivity contribution < 1.29 is 4.79 Å². The zero-order valence-corrected chi connectivity index (χ0v) is 14.9. The average molecular weight is 339 g/mol. The molecule has 0 spiro atoms. The average Bonchev–Trinajstić information content (AvgIpc) is 2.90. The number of nitrogens with one attached hydrogen (secondary N) is 1. The lowest BCUT2D eigenvalue weighted by molar-refractivity contribution is -0.113. The highest BCUT2D eigenvalue weighted by Crippen LogP contribution is 2.25. The minimum atomic E-state index is -0.0137. The lowest BCUT2D eigenvalue weighted by Gasteiger charge is -2.13. The van der Waals surface area contributed by atoms with Crippen molar-refractivity contribution in [2.45, 2.75) is 24.9 Å². The topological polar surface area (TPSA) is 46.9 Å². The van der Waals surface area contributed by atoms with Crippen molar-refractivity contribution in [3.63, 3.8) is 0 Å². The van der Waals surface area contributed by atoms with E-state index in [0.717, 1.165) is 27.4 Å². The highest BCUT2D eigenvalue weighted by Gasteiger charge is 2.12. The molecule has 0 aliphatic rings. The maximum Gasteiger partial charge on any atom is 0.234 e. The van der Waals surface area contributed by atoms with Gasteiger partial charge in [0.05, 0.1) is 16.8 Å². The summed E-state index contributed by atoms with van der Waals surface area (Å²) in [5, 5.41) is 3.87. The molecule has 3 rings (SSSR count). The number of carbonyl (C=O) groups is 1. The molecule has 0 aliphatic heterocycles. The van der Waals surface area contributed by atoms with E-state index in [2.05, 4.69) is 30.2 Å². The molecule has 1 heterocycles. The molecule has 0 aliphatic carbocycles. The molecule has 124 valence electrons. The molecule has 0 bridgehead atoms. The van der Waals surface area contributed by atoms with Crippen LogP contribution in [-0.4, -0.2) is 21.2 Å². The second-order valence-corrected chi connectivity index (χ2v) is 6.96. The van der Waals surface area contributed by atoms with Crippen molar-refractivity contribution >= 4 is 34.4 Å². The van der Waals surface area contributed by atoms with Crippen LogP contribution in [0.1, 0.15) is 25.3 Å². The second-order valence-electron chi connectivity index (χ2n) is 6.02. The predicted octanol–water partition coefficient (Wildman–Crippen LogP) is 4.43. The molecule has 0 fully saturated rings. The van der Waals surface area contributed by atoms with Crippen molar-refractivity contribution in [3.8, 4) is 0 Å².